The van der Waals surface area contributed by atoms with Gasteiger partial charge in [0, 0.05) is 0 Å². The second-order valence-corrected chi connectivity index (χ2v) is 5.36. The molecule has 1 aromatic carbocycles. The molecule has 1 fully saturated rings. The highest BCUT2D eigenvalue weighted by Gasteiger charge is 2.33. The summed E-state index contributed by atoms with van der Waals surface area (Å²) in [5.41, 5.74) is 0.303. The molecule has 1 aromatic rings. The van der Waals surface area contributed by atoms with E-state index in [1.165, 1.54) is 0 Å². The average Bonchev–Trinajstić information content (AvgIpc) is 2.47. The Hall–Kier alpha value is -2.02. The number of nitrogens with zero attached hydrogens (tertiary/aromatic N) is 1. The van der Waals surface area contributed by atoms with Gasteiger partial charge < -0.3 is 10.1 Å². The zero-order valence-corrected chi connectivity index (χ0v) is 11.8. The predicted octanol–water partition coefficient (Wildman–Crippen LogP) is 2.72. The zero-order valence-electron chi connectivity index (χ0n) is 11.8. The van der Waals surface area contributed by atoms with E-state index in [1.54, 1.807) is 0 Å². The molecule has 0 heterocycles. The Morgan fingerprint density at radius 2 is 2.05 bits per heavy atom. The van der Waals surface area contributed by atoms with Crippen molar-refractivity contribution < 1.29 is 9.53 Å². The maximum Gasteiger partial charge on any atom is 0.259 e. The molecule has 106 valence electrons. The number of hydrogen-bond donors (Lipinski definition) is 1. The van der Waals surface area contributed by atoms with Gasteiger partial charge in [-0.1, -0.05) is 37.5 Å². The van der Waals surface area contributed by atoms with Crippen molar-refractivity contribution in [3.63, 3.8) is 0 Å². The van der Waals surface area contributed by atoms with E-state index >= 15 is 0 Å². The maximum atomic E-state index is 12.0. The minimum absolute atomic E-state index is 0.0473. The summed E-state index contributed by atoms with van der Waals surface area (Å²) in [7, 11) is 0. The van der Waals surface area contributed by atoms with Crippen molar-refractivity contribution in [3.8, 4) is 11.8 Å². The van der Waals surface area contributed by atoms with Crippen molar-refractivity contribution in [1.82, 2.24) is 5.32 Å². The van der Waals surface area contributed by atoms with Crippen molar-refractivity contribution >= 4 is 5.91 Å². The fourth-order valence-corrected chi connectivity index (χ4v) is 2.58. The van der Waals surface area contributed by atoms with E-state index in [1.807, 2.05) is 31.2 Å². The molecule has 0 radical (unpaired) electrons. The largest absolute Gasteiger partial charge is 0.484 e. The third-order valence-corrected chi connectivity index (χ3v) is 3.75. The highest BCUT2D eigenvalue weighted by Crippen LogP contribution is 2.27. The molecule has 0 saturated heterocycles. The molecule has 1 aliphatic rings. The lowest BCUT2D eigenvalue weighted by atomic mass is 9.83. The van der Waals surface area contributed by atoms with Crippen molar-refractivity contribution in [2.24, 2.45) is 0 Å². The van der Waals surface area contributed by atoms with Crippen LogP contribution in [-0.2, 0) is 4.79 Å². The van der Waals surface area contributed by atoms with E-state index in [4.69, 9.17) is 4.74 Å². The molecule has 4 heteroatoms. The lowest BCUT2D eigenvalue weighted by Crippen LogP contribution is -2.50. The summed E-state index contributed by atoms with van der Waals surface area (Å²) in [4.78, 5) is 12.0. The number of ether oxygens (including phenoxy) is 1. The van der Waals surface area contributed by atoms with Crippen molar-refractivity contribution in [2.75, 3.05) is 6.61 Å². The maximum absolute atomic E-state index is 12.0. The molecule has 0 aromatic heterocycles. The highest BCUT2D eigenvalue weighted by molar-refractivity contribution is 5.79. The van der Waals surface area contributed by atoms with Crippen LogP contribution in [0.25, 0.3) is 0 Å². The quantitative estimate of drug-likeness (QED) is 0.916. The Morgan fingerprint density at radius 3 is 2.70 bits per heavy atom. The molecular formula is C16H20N2O2. The fourth-order valence-electron chi connectivity index (χ4n) is 2.58. The summed E-state index contributed by atoms with van der Waals surface area (Å²) in [6, 6.07) is 9.84. The molecule has 2 rings (SSSR count). The number of nitrogens with one attached hydrogen (secondary N) is 1. The molecule has 20 heavy (non-hydrogen) atoms. The Kier molecular flexibility index (Phi) is 4.62. The van der Waals surface area contributed by atoms with Gasteiger partial charge in [-0.05, 0) is 31.4 Å². The lowest BCUT2D eigenvalue weighted by molar-refractivity contribution is -0.124. The van der Waals surface area contributed by atoms with Crippen LogP contribution in [0, 0.1) is 18.3 Å². The first-order valence-electron chi connectivity index (χ1n) is 7.06. The minimum Gasteiger partial charge on any atom is -0.484 e. The van der Waals surface area contributed by atoms with Crippen LogP contribution in [0.3, 0.4) is 0 Å². The third kappa shape index (κ3) is 3.51. The number of aryl methyl sites for hydroxylation is 1. The molecular weight excluding hydrogens is 252 g/mol. The van der Waals surface area contributed by atoms with Crippen LogP contribution in [0.5, 0.6) is 5.75 Å². The number of nitriles is 1. The Morgan fingerprint density at radius 1 is 1.35 bits per heavy atom. The van der Waals surface area contributed by atoms with Gasteiger partial charge in [0.1, 0.15) is 11.3 Å². The van der Waals surface area contributed by atoms with Gasteiger partial charge in [-0.2, -0.15) is 5.26 Å². The van der Waals surface area contributed by atoms with E-state index in [2.05, 4.69) is 11.4 Å². The van der Waals surface area contributed by atoms with Gasteiger partial charge in [-0.3, -0.25) is 4.79 Å². The summed E-state index contributed by atoms with van der Waals surface area (Å²) >= 11 is 0. The number of para-hydroxylation sites is 1. The van der Waals surface area contributed by atoms with Crippen LogP contribution < -0.4 is 10.1 Å². The number of carbonyl (C=O) groups is 1. The van der Waals surface area contributed by atoms with Gasteiger partial charge >= 0.3 is 0 Å². The smallest absolute Gasteiger partial charge is 0.259 e. The Balaban J connectivity index is 1.89. The average molecular weight is 272 g/mol. The molecule has 0 bridgehead atoms. The minimum atomic E-state index is -0.690. The molecule has 0 unspecified atom stereocenters. The zero-order chi connectivity index (χ0) is 14.4. The van der Waals surface area contributed by atoms with Crippen molar-refractivity contribution in [2.45, 2.75) is 44.6 Å². The normalized spacial score (nSPS) is 17.0. The second kappa shape index (κ2) is 6.42. The molecule has 0 atom stereocenters. The van der Waals surface area contributed by atoms with Crippen molar-refractivity contribution in [3.05, 3.63) is 29.8 Å². The number of hydrogen-bond acceptors (Lipinski definition) is 3. The topological polar surface area (TPSA) is 62.1 Å². The first-order valence-corrected chi connectivity index (χ1v) is 7.06. The van der Waals surface area contributed by atoms with Crippen LogP contribution in [0.4, 0.5) is 0 Å². The van der Waals surface area contributed by atoms with E-state index in [-0.39, 0.29) is 12.5 Å². The monoisotopic (exact) mass is 272 g/mol. The van der Waals surface area contributed by atoms with Crippen LogP contribution in [-0.4, -0.2) is 18.1 Å². The highest BCUT2D eigenvalue weighted by atomic mass is 16.5. The van der Waals surface area contributed by atoms with Gasteiger partial charge in [0.2, 0.25) is 0 Å². The third-order valence-electron chi connectivity index (χ3n) is 3.75. The van der Waals surface area contributed by atoms with Crippen LogP contribution in [0.1, 0.15) is 37.7 Å². The SMILES string of the molecule is Cc1ccccc1OCC(=O)NC1(C#N)CCCCC1. The molecule has 0 spiro atoms. The first kappa shape index (κ1) is 14.4. The summed E-state index contributed by atoms with van der Waals surface area (Å²) in [6.45, 7) is 1.89. The molecule has 1 N–H and O–H groups in total. The Labute approximate surface area is 119 Å². The van der Waals surface area contributed by atoms with Gasteiger partial charge in [-0.15, -0.1) is 0 Å². The van der Waals surface area contributed by atoms with Crippen LogP contribution in [0.2, 0.25) is 0 Å². The van der Waals surface area contributed by atoms with Crippen LogP contribution >= 0.6 is 0 Å². The van der Waals surface area contributed by atoms with Gasteiger partial charge in [0.15, 0.2) is 6.61 Å². The predicted molar refractivity (Wildman–Crippen MR) is 76.2 cm³/mol. The molecule has 1 amide bonds. The van der Waals surface area contributed by atoms with E-state index < -0.39 is 5.54 Å². The van der Waals surface area contributed by atoms with Gasteiger partial charge in [0.05, 0.1) is 6.07 Å². The van der Waals surface area contributed by atoms with Crippen molar-refractivity contribution in [1.29, 1.82) is 5.26 Å². The number of amides is 1. The second-order valence-electron chi connectivity index (χ2n) is 5.36. The van der Waals surface area contributed by atoms with E-state index in [9.17, 15) is 10.1 Å². The first-order chi connectivity index (χ1) is 9.65. The van der Waals surface area contributed by atoms with Crippen LogP contribution in [0.15, 0.2) is 24.3 Å². The number of rotatable bonds is 4. The summed E-state index contributed by atoms with van der Waals surface area (Å²) in [5, 5.41) is 12.2. The summed E-state index contributed by atoms with van der Waals surface area (Å²) in [6.07, 6.45) is 4.59. The summed E-state index contributed by atoms with van der Waals surface area (Å²) in [5.74, 6) is 0.481. The van der Waals surface area contributed by atoms with E-state index in [0.29, 0.717) is 5.75 Å². The molecule has 1 saturated carbocycles. The molecule has 4 nitrogen and oxygen atoms in total. The van der Waals surface area contributed by atoms with Gasteiger partial charge in [-0.25, -0.2) is 0 Å². The molecule has 0 aliphatic heterocycles. The number of benzene rings is 1. The fraction of sp³-hybridized carbons (Fsp3) is 0.500. The Bertz CT molecular complexity index is 513. The molecule has 1 aliphatic carbocycles. The lowest BCUT2D eigenvalue weighted by Gasteiger charge is -2.31. The van der Waals surface area contributed by atoms with Gasteiger partial charge in [0.25, 0.3) is 5.91 Å². The standard InChI is InChI=1S/C16H20N2O2/c1-13-7-3-4-8-14(13)20-11-15(19)18-16(12-17)9-5-2-6-10-16/h3-4,7-8H,2,5-6,9-11H2,1H3,(H,18,19). The summed E-state index contributed by atoms with van der Waals surface area (Å²) < 4.78 is 5.51. The number of carbonyl (C=O) groups excluding carboxylic acids is 1. The van der Waals surface area contributed by atoms with E-state index in [0.717, 1.165) is 37.7 Å².